The van der Waals surface area contributed by atoms with E-state index in [4.69, 9.17) is 9.47 Å². The van der Waals surface area contributed by atoms with Gasteiger partial charge in [-0.1, -0.05) is 44.7 Å². The number of anilines is 1. The third-order valence-electron chi connectivity index (χ3n) is 5.06. The van der Waals surface area contributed by atoms with Gasteiger partial charge in [0.2, 0.25) is 0 Å². The summed E-state index contributed by atoms with van der Waals surface area (Å²) < 4.78 is 11.8. The summed E-state index contributed by atoms with van der Waals surface area (Å²) in [6.07, 6.45) is 9.52. The molecule has 0 atom stereocenters. The smallest absolute Gasteiger partial charge is 0.412 e. The summed E-state index contributed by atoms with van der Waals surface area (Å²) in [5, 5.41) is 2.90. The van der Waals surface area contributed by atoms with Gasteiger partial charge < -0.3 is 14.4 Å². The topological polar surface area (TPSA) is 50.8 Å². The van der Waals surface area contributed by atoms with Gasteiger partial charge in [0.15, 0.2) is 0 Å². The first kappa shape index (κ1) is 21.5. The van der Waals surface area contributed by atoms with E-state index in [0.717, 1.165) is 38.6 Å². The molecule has 27 heavy (non-hydrogen) atoms. The van der Waals surface area contributed by atoms with Crippen LogP contribution in [0, 0.1) is 0 Å². The van der Waals surface area contributed by atoms with Crippen molar-refractivity contribution in [2.75, 3.05) is 32.6 Å². The van der Waals surface area contributed by atoms with Crippen LogP contribution >= 0.6 is 0 Å². The minimum Gasteiger partial charge on any atom is -0.491 e. The second kappa shape index (κ2) is 11.2. The van der Waals surface area contributed by atoms with E-state index < -0.39 is 0 Å². The molecule has 1 aliphatic rings. The number of rotatable bonds is 10. The molecule has 1 saturated carbocycles. The number of benzene rings is 1. The van der Waals surface area contributed by atoms with E-state index in [1.165, 1.54) is 25.7 Å². The fraction of sp³-hybridized carbons (Fsp3) is 0.682. The first-order valence-corrected chi connectivity index (χ1v) is 10.4. The summed E-state index contributed by atoms with van der Waals surface area (Å²) in [5.74, 6) is 0.705. The second-order valence-electron chi connectivity index (χ2n) is 7.90. The number of hydrogen-bond acceptors (Lipinski definition) is 4. The van der Waals surface area contributed by atoms with Crippen LogP contribution in [0.25, 0.3) is 0 Å². The zero-order chi connectivity index (χ0) is 19.5. The molecule has 1 amide bonds. The summed E-state index contributed by atoms with van der Waals surface area (Å²) in [6, 6.07) is 7.58. The minimum absolute atomic E-state index is 0.387. The van der Waals surface area contributed by atoms with Crippen molar-refractivity contribution in [3.05, 3.63) is 24.3 Å². The molecule has 1 fully saturated rings. The molecular formula is C22H36N2O3. The lowest BCUT2D eigenvalue weighted by atomic mass is 9.84. The molecule has 5 nitrogen and oxygen atoms in total. The molecule has 0 aliphatic heterocycles. The number of ether oxygens (including phenoxy) is 2. The highest BCUT2D eigenvalue weighted by molar-refractivity contribution is 5.87. The number of likely N-dealkylation sites (N-methyl/N-ethyl adjacent to an activating group) is 1. The molecule has 1 N–H and O–H groups in total. The average Bonchev–Trinajstić information content (AvgIpc) is 2.62. The lowest BCUT2D eigenvalue weighted by Gasteiger charge is -2.38. The van der Waals surface area contributed by atoms with Gasteiger partial charge in [-0.3, -0.25) is 5.32 Å². The summed E-state index contributed by atoms with van der Waals surface area (Å²) in [4.78, 5) is 14.7. The highest BCUT2D eigenvalue weighted by Gasteiger charge is 2.36. The van der Waals surface area contributed by atoms with Gasteiger partial charge in [-0.25, -0.2) is 4.79 Å². The average molecular weight is 377 g/mol. The van der Waals surface area contributed by atoms with Crippen LogP contribution in [-0.2, 0) is 4.74 Å². The van der Waals surface area contributed by atoms with Gasteiger partial charge >= 0.3 is 6.09 Å². The molecule has 0 radical (unpaired) electrons. The third kappa shape index (κ3) is 7.41. The Morgan fingerprint density at radius 1 is 1.11 bits per heavy atom. The first-order valence-electron chi connectivity index (χ1n) is 10.4. The van der Waals surface area contributed by atoms with Crippen LogP contribution in [-0.4, -0.2) is 43.8 Å². The van der Waals surface area contributed by atoms with Crippen molar-refractivity contribution in [2.45, 2.75) is 70.3 Å². The van der Waals surface area contributed by atoms with Crippen LogP contribution in [0.2, 0.25) is 0 Å². The van der Waals surface area contributed by atoms with Gasteiger partial charge in [0.1, 0.15) is 11.4 Å². The molecular weight excluding hydrogens is 340 g/mol. The predicted molar refractivity (Wildman–Crippen MR) is 111 cm³/mol. The standard InChI is InChI=1S/C22H36N2O3/c1-4-5-6-12-17-26-20-14-9-8-13-19(20)23-21(25)27-22(18-24(2)3)15-10-7-11-16-22/h8-9,13-14H,4-7,10-12,15-18H2,1-3H3,(H,23,25). The van der Waals surface area contributed by atoms with Gasteiger partial charge in [-0.05, 0) is 58.3 Å². The van der Waals surface area contributed by atoms with E-state index in [0.29, 0.717) is 18.0 Å². The van der Waals surface area contributed by atoms with Crippen molar-refractivity contribution < 1.29 is 14.3 Å². The molecule has 0 saturated heterocycles. The van der Waals surface area contributed by atoms with Crippen molar-refractivity contribution in [3.8, 4) is 5.75 Å². The maximum atomic E-state index is 12.6. The van der Waals surface area contributed by atoms with Gasteiger partial charge in [0.05, 0.1) is 12.3 Å². The maximum Gasteiger partial charge on any atom is 0.412 e. The number of nitrogens with zero attached hydrogens (tertiary/aromatic N) is 1. The number of amides is 1. The molecule has 1 aromatic carbocycles. The fourth-order valence-corrected chi connectivity index (χ4v) is 3.80. The third-order valence-corrected chi connectivity index (χ3v) is 5.06. The van der Waals surface area contributed by atoms with E-state index in [1.807, 2.05) is 38.4 Å². The number of carbonyl (C=O) groups is 1. The summed E-state index contributed by atoms with van der Waals surface area (Å²) in [7, 11) is 4.05. The molecule has 0 bridgehead atoms. The molecule has 152 valence electrons. The largest absolute Gasteiger partial charge is 0.491 e. The zero-order valence-electron chi connectivity index (χ0n) is 17.3. The summed E-state index contributed by atoms with van der Waals surface area (Å²) in [5.41, 5.74) is 0.288. The van der Waals surface area contributed by atoms with Crippen LogP contribution < -0.4 is 10.1 Å². The van der Waals surface area contributed by atoms with E-state index in [2.05, 4.69) is 17.1 Å². The number of hydrogen-bond donors (Lipinski definition) is 1. The Hall–Kier alpha value is -1.75. The van der Waals surface area contributed by atoms with Crippen LogP contribution in [0.3, 0.4) is 0 Å². The fourth-order valence-electron chi connectivity index (χ4n) is 3.80. The van der Waals surface area contributed by atoms with E-state index in [9.17, 15) is 4.79 Å². The highest BCUT2D eigenvalue weighted by Crippen LogP contribution is 2.33. The van der Waals surface area contributed by atoms with Gasteiger partial charge in [-0.2, -0.15) is 0 Å². The SMILES string of the molecule is CCCCCCOc1ccccc1NC(=O)OC1(CN(C)C)CCCCC1. The molecule has 5 heteroatoms. The molecule has 0 heterocycles. The van der Waals surface area contributed by atoms with Crippen molar-refractivity contribution >= 4 is 11.8 Å². The highest BCUT2D eigenvalue weighted by atomic mass is 16.6. The Kier molecular flexibility index (Phi) is 8.92. The van der Waals surface area contributed by atoms with Crippen molar-refractivity contribution in [3.63, 3.8) is 0 Å². The van der Waals surface area contributed by atoms with E-state index in [1.54, 1.807) is 0 Å². The number of nitrogens with one attached hydrogen (secondary N) is 1. The van der Waals surface area contributed by atoms with E-state index >= 15 is 0 Å². The molecule has 2 rings (SSSR count). The lowest BCUT2D eigenvalue weighted by Crippen LogP contribution is -2.46. The molecule has 0 spiro atoms. The summed E-state index contributed by atoms with van der Waals surface area (Å²) in [6.45, 7) is 3.62. The normalized spacial score (nSPS) is 16.1. The van der Waals surface area contributed by atoms with Crippen molar-refractivity contribution in [1.82, 2.24) is 4.90 Å². The number of carbonyl (C=O) groups excluding carboxylic acids is 1. The monoisotopic (exact) mass is 376 g/mol. The molecule has 1 aliphatic carbocycles. The van der Waals surface area contributed by atoms with Crippen LogP contribution in [0.5, 0.6) is 5.75 Å². The Morgan fingerprint density at radius 2 is 1.85 bits per heavy atom. The van der Waals surface area contributed by atoms with Crippen LogP contribution in [0.1, 0.15) is 64.7 Å². The molecule has 0 aromatic heterocycles. The second-order valence-corrected chi connectivity index (χ2v) is 7.90. The van der Waals surface area contributed by atoms with E-state index in [-0.39, 0.29) is 11.7 Å². The molecule has 0 unspecified atom stereocenters. The Balaban J connectivity index is 1.94. The Bertz CT molecular complexity index is 568. The minimum atomic E-state index is -0.388. The maximum absolute atomic E-state index is 12.6. The number of unbranched alkanes of at least 4 members (excludes halogenated alkanes) is 3. The van der Waals surface area contributed by atoms with Crippen molar-refractivity contribution in [1.29, 1.82) is 0 Å². The van der Waals surface area contributed by atoms with Gasteiger partial charge in [-0.15, -0.1) is 0 Å². The Morgan fingerprint density at radius 3 is 2.56 bits per heavy atom. The van der Waals surface area contributed by atoms with Gasteiger partial charge in [0, 0.05) is 6.54 Å². The summed E-state index contributed by atoms with van der Waals surface area (Å²) >= 11 is 0. The van der Waals surface area contributed by atoms with Crippen LogP contribution in [0.15, 0.2) is 24.3 Å². The lowest BCUT2D eigenvalue weighted by molar-refractivity contribution is -0.0261. The van der Waals surface area contributed by atoms with Crippen LogP contribution in [0.4, 0.5) is 10.5 Å². The molecule has 1 aromatic rings. The Labute approximate surface area is 164 Å². The van der Waals surface area contributed by atoms with Gasteiger partial charge in [0.25, 0.3) is 0 Å². The quantitative estimate of drug-likeness (QED) is 0.551. The first-order chi connectivity index (χ1) is 13.0. The predicted octanol–water partition coefficient (Wildman–Crippen LogP) is 5.46. The van der Waals surface area contributed by atoms with Crippen molar-refractivity contribution in [2.24, 2.45) is 0 Å². The number of para-hydroxylation sites is 2. The zero-order valence-corrected chi connectivity index (χ0v) is 17.3.